The van der Waals surface area contributed by atoms with Crippen LogP contribution in [0.4, 0.5) is 8.78 Å². The second kappa shape index (κ2) is 16.3. The highest BCUT2D eigenvalue weighted by Crippen LogP contribution is 2.34. The maximum absolute atomic E-state index is 14.9. The van der Waals surface area contributed by atoms with Crippen LogP contribution in [0.2, 0.25) is 0 Å². The number of likely N-dealkylation sites (tertiary alicyclic amines) is 1. The smallest absolute Gasteiger partial charge is 0.283 e. The third-order valence-corrected chi connectivity index (χ3v) is 11.8. The number of piperidine rings is 2. The van der Waals surface area contributed by atoms with Crippen molar-refractivity contribution in [2.45, 2.75) is 68.8 Å². The quantitative estimate of drug-likeness (QED) is 0.115. The van der Waals surface area contributed by atoms with E-state index in [0.29, 0.717) is 31.8 Å². The second-order valence-corrected chi connectivity index (χ2v) is 15.9. The molecule has 1 atom stereocenters. The number of nitrogens with one attached hydrogen (secondary N) is 1. The van der Waals surface area contributed by atoms with Crippen molar-refractivity contribution in [3.63, 3.8) is 0 Å². The van der Waals surface area contributed by atoms with Crippen LogP contribution in [0.15, 0.2) is 73.2 Å². The maximum atomic E-state index is 14.9. The molecule has 2 saturated heterocycles. The minimum absolute atomic E-state index is 0.00943. The van der Waals surface area contributed by atoms with Crippen molar-refractivity contribution >= 4 is 45.4 Å². The van der Waals surface area contributed by atoms with Gasteiger partial charge in [0.1, 0.15) is 31.1 Å². The summed E-state index contributed by atoms with van der Waals surface area (Å²) in [6.07, 6.45) is 8.53. The number of halogens is 2. The average molecular weight is 823 g/mol. The van der Waals surface area contributed by atoms with Gasteiger partial charge in [0.2, 0.25) is 17.7 Å². The number of carbonyl (C=O) groups is 4. The average Bonchev–Trinajstić information content (AvgIpc) is 3.65. The number of alkyl halides is 2. The summed E-state index contributed by atoms with van der Waals surface area (Å²) in [6, 6.07) is 15.6. The summed E-state index contributed by atoms with van der Waals surface area (Å²) in [5.74, 6) is -4.69. The first-order valence-electron chi connectivity index (χ1n) is 20.3. The van der Waals surface area contributed by atoms with Crippen molar-refractivity contribution in [2.24, 2.45) is 7.05 Å². The fourth-order valence-corrected chi connectivity index (χ4v) is 8.58. The van der Waals surface area contributed by atoms with Gasteiger partial charge in [0.25, 0.3) is 17.7 Å². The number of ether oxygens (including phenoxy) is 4. The molecular weight excluding hydrogens is 779 g/mol. The van der Waals surface area contributed by atoms with Gasteiger partial charge < -0.3 is 23.5 Å². The number of hydrogen-bond donors (Lipinski definition) is 1. The number of imide groups is 2. The van der Waals surface area contributed by atoms with Gasteiger partial charge in [-0.3, -0.25) is 39.3 Å². The number of fused-ring (bicyclic) bond motifs is 4. The molecule has 3 fully saturated rings. The fourth-order valence-electron chi connectivity index (χ4n) is 8.58. The Kier molecular flexibility index (Phi) is 10.8. The Morgan fingerprint density at radius 1 is 0.817 bits per heavy atom. The number of carbonyl (C=O) groups excluding carboxylic acids is 4. The maximum Gasteiger partial charge on any atom is 0.283 e. The Morgan fingerprint density at radius 3 is 2.40 bits per heavy atom. The van der Waals surface area contributed by atoms with Gasteiger partial charge >= 0.3 is 0 Å². The Bertz CT molecular complexity index is 2460. The number of rotatable bonds is 14. The van der Waals surface area contributed by atoms with Crippen LogP contribution in [0, 0.1) is 0 Å². The van der Waals surface area contributed by atoms with E-state index >= 15 is 0 Å². The molecule has 6 heterocycles. The van der Waals surface area contributed by atoms with Crippen LogP contribution in [0.3, 0.4) is 0 Å². The van der Waals surface area contributed by atoms with E-state index < -0.39 is 48.7 Å². The molecule has 0 spiro atoms. The van der Waals surface area contributed by atoms with E-state index in [2.05, 4.69) is 45.1 Å². The van der Waals surface area contributed by atoms with Gasteiger partial charge in [-0.2, -0.15) is 0 Å². The number of hydrogen-bond acceptors (Lipinski definition) is 11. The predicted octanol–water partition coefficient (Wildman–Crippen LogP) is 5.31. The van der Waals surface area contributed by atoms with E-state index in [0.717, 1.165) is 50.7 Å². The minimum Gasteiger partial charge on any atom is -0.491 e. The number of aryl methyl sites for hydroxylation is 1. The summed E-state index contributed by atoms with van der Waals surface area (Å²) in [5.41, 5.74) is 4.52. The van der Waals surface area contributed by atoms with Gasteiger partial charge in [-0.05, 0) is 61.2 Å². The molecule has 2 aromatic carbocycles. The molecule has 4 amide bonds. The van der Waals surface area contributed by atoms with Gasteiger partial charge in [-0.25, -0.2) is 13.8 Å². The lowest BCUT2D eigenvalue weighted by Crippen LogP contribution is -2.54. The number of aromatic nitrogens is 3. The van der Waals surface area contributed by atoms with E-state index in [1.54, 1.807) is 4.90 Å². The summed E-state index contributed by atoms with van der Waals surface area (Å²) in [7, 11) is 2.06. The summed E-state index contributed by atoms with van der Waals surface area (Å²) < 4.78 is 55.2. The lowest BCUT2D eigenvalue weighted by atomic mass is 9.91. The molecule has 0 radical (unpaired) electrons. The molecule has 14 nitrogen and oxygen atoms in total. The van der Waals surface area contributed by atoms with Crippen LogP contribution in [0.5, 0.6) is 11.6 Å². The second-order valence-electron chi connectivity index (χ2n) is 15.9. The lowest BCUT2D eigenvalue weighted by molar-refractivity contribution is -0.136. The third kappa shape index (κ3) is 8.06. The predicted molar refractivity (Wildman–Crippen MR) is 214 cm³/mol. The van der Waals surface area contributed by atoms with Crippen molar-refractivity contribution < 1.29 is 46.9 Å². The first-order valence-corrected chi connectivity index (χ1v) is 20.3. The van der Waals surface area contributed by atoms with E-state index in [1.807, 2.05) is 36.8 Å². The van der Waals surface area contributed by atoms with Crippen LogP contribution in [0.1, 0.15) is 59.2 Å². The molecule has 60 heavy (non-hydrogen) atoms. The van der Waals surface area contributed by atoms with Crippen molar-refractivity contribution in [3.8, 4) is 22.8 Å². The van der Waals surface area contributed by atoms with Crippen molar-refractivity contribution in [3.05, 3.63) is 84.3 Å². The van der Waals surface area contributed by atoms with Crippen molar-refractivity contribution in [1.29, 1.82) is 0 Å². The van der Waals surface area contributed by atoms with E-state index in [4.69, 9.17) is 18.9 Å². The van der Waals surface area contributed by atoms with E-state index in [-0.39, 0.29) is 61.2 Å². The summed E-state index contributed by atoms with van der Waals surface area (Å²) >= 11 is 0. The van der Waals surface area contributed by atoms with Crippen molar-refractivity contribution in [1.82, 2.24) is 29.7 Å². The molecule has 0 bridgehead atoms. The highest BCUT2D eigenvalue weighted by atomic mass is 19.3. The Hall–Kier alpha value is -5.84. The summed E-state index contributed by atoms with van der Waals surface area (Å²) in [4.78, 5) is 61.2. The van der Waals surface area contributed by atoms with Crippen LogP contribution in [-0.2, 0) is 26.1 Å². The summed E-state index contributed by atoms with van der Waals surface area (Å²) in [6.45, 7) is -0.381. The molecule has 16 heteroatoms. The molecule has 9 rings (SSSR count). The fraction of sp³-hybridized carbons (Fsp3) is 0.409. The third-order valence-electron chi connectivity index (χ3n) is 11.8. The van der Waals surface area contributed by atoms with Crippen LogP contribution >= 0.6 is 0 Å². The molecule has 312 valence electrons. The van der Waals surface area contributed by atoms with Crippen LogP contribution in [-0.4, -0.2) is 118 Å². The number of benzene rings is 2. The molecular formula is C44H44F2N6O8. The molecule has 3 aliphatic heterocycles. The van der Waals surface area contributed by atoms with Gasteiger partial charge in [-0.1, -0.05) is 12.1 Å². The monoisotopic (exact) mass is 822 g/mol. The Labute approximate surface area is 343 Å². The van der Waals surface area contributed by atoms with Gasteiger partial charge in [0.15, 0.2) is 0 Å². The van der Waals surface area contributed by atoms with Crippen LogP contribution in [0.25, 0.3) is 32.9 Å². The highest BCUT2D eigenvalue weighted by Gasteiger charge is 2.45. The Morgan fingerprint density at radius 2 is 1.62 bits per heavy atom. The molecule has 3 aromatic heterocycles. The molecule has 1 N–H and O–H groups in total. The Balaban J connectivity index is 0.658. The minimum atomic E-state index is -3.07. The first-order chi connectivity index (χ1) is 29.0. The zero-order valence-electron chi connectivity index (χ0n) is 33.0. The zero-order chi connectivity index (χ0) is 41.5. The van der Waals surface area contributed by atoms with Gasteiger partial charge in [0, 0.05) is 85.9 Å². The SMILES string of the molecule is Cn1c2ccncc2c2ccc(-c3ccc(O[C@H]4C[C@H](OC5CCN(CC(F)(F)COCCOc6ccc7c(c6)C(=O)N(C6CCC(=O)NC6=O)C7=O)CC5)C4)nc3)cc21. The molecule has 4 aliphatic rings. The molecule has 1 saturated carbocycles. The molecule has 5 aromatic rings. The van der Waals surface area contributed by atoms with Crippen molar-refractivity contribution in [2.75, 3.05) is 39.5 Å². The number of nitrogens with zero attached hydrogens (tertiary/aromatic N) is 5. The summed E-state index contributed by atoms with van der Waals surface area (Å²) in [5, 5.41) is 4.45. The first kappa shape index (κ1) is 39.6. The molecule has 1 unspecified atom stereocenters. The standard InChI is InChI=1S/C44H44F2N6O8/c1-50-36-10-13-47-23-35(36)32-5-2-26(18-38(32)50)27-3-9-40(48-22-27)60-31-19-30(20-31)59-28-11-14-51(15-12-28)24-44(45,46)25-57-16-17-58-29-4-6-33-34(21-29)43(56)52(42(33)55)37-7-8-39(53)49-41(37)54/h2-6,9-10,13,18,21-23,28,30-31,37H,7-8,11-12,14-17,19-20,24-25H2,1H3,(H,49,53,54)/t30-,31-,37?. The molecule has 1 aliphatic carbocycles. The lowest BCUT2D eigenvalue weighted by Gasteiger charge is -2.40. The number of pyridine rings is 2. The van der Waals surface area contributed by atoms with Gasteiger partial charge in [-0.15, -0.1) is 0 Å². The van der Waals surface area contributed by atoms with E-state index in [9.17, 15) is 28.0 Å². The van der Waals surface area contributed by atoms with Crippen LogP contribution < -0.4 is 14.8 Å². The topological polar surface area (TPSA) is 154 Å². The highest BCUT2D eigenvalue weighted by molar-refractivity contribution is 6.23. The number of amides is 4. The van der Waals surface area contributed by atoms with Gasteiger partial charge in [0.05, 0.1) is 42.0 Å². The normalized spacial score (nSPS) is 21.4. The largest absolute Gasteiger partial charge is 0.491 e. The van der Waals surface area contributed by atoms with E-state index in [1.165, 1.54) is 18.2 Å². The zero-order valence-corrected chi connectivity index (χ0v) is 33.0.